The molecule has 0 atom stereocenters. The predicted octanol–water partition coefficient (Wildman–Crippen LogP) is 5.02. The first kappa shape index (κ1) is 27.9. The van der Waals surface area contributed by atoms with Crippen molar-refractivity contribution in [3.63, 3.8) is 0 Å². The van der Waals surface area contributed by atoms with E-state index in [2.05, 4.69) is 30.2 Å². The number of phenols is 1. The zero-order valence-corrected chi connectivity index (χ0v) is 23.7. The second kappa shape index (κ2) is 11.8. The Labute approximate surface area is 235 Å². The molecule has 40 heavy (non-hydrogen) atoms. The van der Waals surface area contributed by atoms with Gasteiger partial charge in [0.15, 0.2) is 5.82 Å². The maximum absolute atomic E-state index is 12.0. The summed E-state index contributed by atoms with van der Waals surface area (Å²) in [4.78, 5) is 14.6. The highest BCUT2D eigenvalue weighted by Crippen LogP contribution is 2.34. The number of nitrogens with one attached hydrogen (secondary N) is 1. The van der Waals surface area contributed by atoms with Gasteiger partial charge in [0.2, 0.25) is 0 Å². The summed E-state index contributed by atoms with van der Waals surface area (Å²) in [5, 5.41) is 26.2. The number of ether oxygens (including phenoxy) is 1. The average molecular weight is 548 g/mol. The number of amides is 1. The highest BCUT2D eigenvalue weighted by Gasteiger charge is 2.30. The van der Waals surface area contributed by atoms with Crippen LogP contribution in [0.1, 0.15) is 65.3 Å². The fraction of sp³-hybridized carbons (Fsp3) is 0.533. The Balaban J connectivity index is 1.12. The van der Waals surface area contributed by atoms with Crippen molar-refractivity contribution in [3.8, 4) is 28.1 Å². The molecule has 1 aromatic carbocycles. The number of alkyl carbamates (subject to hydrolysis) is 1. The standard InChI is InChI=1S/C30H41N7O3/c1-30(2,3)40-29(39)32-17-20-8-10-22(11-9-20)36-14-12-23(13-15-36)37-19-21(18-33-37)25-16-26(34-35-28(25)31)24-6-4-5-7-27(24)38/h4-7,16,18-20,22-23,38H,8-15,17H2,1-3H3,(H2,31,35)(H,32,39). The number of anilines is 1. The molecule has 214 valence electrons. The van der Waals surface area contributed by atoms with E-state index in [9.17, 15) is 9.90 Å². The number of carbonyl (C=O) groups is 1. The molecular formula is C30H41N7O3. The van der Waals surface area contributed by atoms with Gasteiger partial charge in [0.25, 0.3) is 0 Å². The Hall–Kier alpha value is -3.66. The lowest BCUT2D eigenvalue weighted by Crippen LogP contribution is -2.44. The monoisotopic (exact) mass is 547 g/mol. The zero-order chi connectivity index (χ0) is 28.3. The molecule has 3 aromatic rings. The van der Waals surface area contributed by atoms with Crippen molar-refractivity contribution in [2.45, 2.75) is 77.0 Å². The molecule has 0 unspecified atom stereocenters. The van der Waals surface area contributed by atoms with Crippen LogP contribution in [-0.4, -0.2) is 67.4 Å². The molecule has 1 saturated heterocycles. The summed E-state index contributed by atoms with van der Waals surface area (Å²) in [7, 11) is 0. The first-order valence-corrected chi connectivity index (χ1v) is 14.3. The number of rotatable bonds is 6. The summed E-state index contributed by atoms with van der Waals surface area (Å²) in [6.07, 6.45) is 10.3. The molecule has 2 aliphatic rings. The second-order valence-electron chi connectivity index (χ2n) is 12.1. The lowest BCUT2D eigenvalue weighted by atomic mass is 9.84. The topological polar surface area (TPSA) is 131 Å². The Morgan fingerprint density at radius 2 is 1.77 bits per heavy atom. The minimum Gasteiger partial charge on any atom is -0.507 e. The Morgan fingerprint density at radius 3 is 2.48 bits per heavy atom. The molecule has 2 aromatic heterocycles. The number of hydrogen-bond acceptors (Lipinski definition) is 8. The second-order valence-corrected chi connectivity index (χ2v) is 12.1. The van der Waals surface area contributed by atoms with Gasteiger partial charge in [-0.2, -0.15) is 5.10 Å². The number of carbonyl (C=O) groups excluding carboxylic acids is 1. The molecule has 5 rings (SSSR count). The fourth-order valence-corrected chi connectivity index (χ4v) is 5.90. The van der Waals surface area contributed by atoms with E-state index in [-0.39, 0.29) is 11.8 Å². The number of nitrogen functional groups attached to an aromatic ring is 1. The zero-order valence-electron chi connectivity index (χ0n) is 23.7. The first-order valence-electron chi connectivity index (χ1n) is 14.3. The predicted molar refractivity (Wildman–Crippen MR) is 155 cm³/mol. The van der Waals surface area contributed by atoms with Crippen molar-refractivity contribution < 1.29 is 14.6 Å². The minimum atomic E-state index is -0.466. The number of phenolic OH excluding ortho intramolecular Hbond substituents is 1. The molecule has 4 N–H and O–H groups in total. The van der Waals surface area contributed by atoms with E-state index in [1.165, 1.54) is 12.8 Å². The van der Waals surface area contributed by atoms with Gasteiger partial charge in [0.1, 0.15) is 11.4 Å². The van der Waals surface area contributed by atoms with Gasteiger partial charge in [-0.3, -0.25) is 4.68 Å². The van der Waals surface area contributed by atoms with Gasteiger partial charge in [0, 0.05) is 48.6 Å². The van der Waals surface area contributed by atoms with E-state index in [4.69, 9.17) is 10.5 Å². The Bertz CT molecular complexity index is 1300. The smallest absolute Gasteiger partial charge is 0.407 e. The molecule has 0 bridgehead atoms. The summed E-state index contributed by atoms with van der Waals surface area (Å²) in [6, 6.07) is 9.89. The molecule has 1 amide bonds. The van der Waals surface area contributed by atoms with Gasteiger partial charge in [0.05, 0.1) is 17.9 Å². The third kappa shape index (κ3) is 6.72. The SMILES string of the molecule is CC(C)(C)OC(=O)NCC1CCC(N2CCC(n3cc(-c4cc(-c5ccccc5O)nnc4N)cn3)CC2)CC1. The van der Waals surface area contributed by atoms with Gasteiger partial charge in [-0.25, -0.2) is 4.79 Å². The van der Waals surface area contributed by atoms with Gasteiger partial charge in [-0.05, 0) is 83.4 Å². The lowest BCUT2D eigenvalue weighted by Gasteiger charge is -2.40. The van der Waals surface area contributed by atoms with Crippen molar-refractivity contribution in [1.29, 1.82) is 0 Å². The largest absolute Gasteiger partial charge is 0.507 e. The summed E-state index contributed by atoms with van der Waals surface area (Å²) in [5.74, 6) is 1.01. The number of likely N-dealkylation sites (tertiary alicyclic amines) is 1. The number of aromatic nitrogens is 4. The third-order valence-electron chi connectivity index (χ3n) is 8.05. The summed E-state index contributed by atoms with van der Waals surface area (Å²) >= 11 is 0. The number of piperidine rings is 1. The van der Waals surface area contributed by atoms with E-state index in [1.807, 2.05) is 51.4 Å². The van der Waals surface area contributed by atoms with Gasteiger partial charge in [-0.15, -0.1) is 10.2 Å². The van der Waals surface area contributed by atoms with Crippen LogP contribution >= 0.6 is 0 Å². The molecular weight excluding hydrogens is 506 g/mol. The summed E-state index contributed by atoms with van der Waals surface area (Å²) in [6.45, 7) is 8.46. The molecule has 1 aliphatic carbocycles. The number of nitrogens with zero attached hydrogens (tertiary/aromatic N) is 5. The van der Waals surface area contributed by atoms with Crippen molar-refractivity contribution in [2.75, 3.05) is 25.4 Å². The van der Waals surface area contributed by atoms with Crippen LogP contribution < -0.4 is 11.1 Å². The molecule has 1 saturated carbocycles. The van der Waals surface area contributed by atoms with Gasteiger partial charge < -0.3 is 25.8 Å². The molecule has 2 fully saturated rings. The van der Waals surface area contributed by atoms with Crippen LogP contribution in [0, 0.1) is 5.92 Å². The maximum atomic E-state index is 12.0. The van der Waals surface area contributed by atoms with Gasteiger partial charge >= 0.3 is 6.09 Å². The molecule has 1 aliphatic heterocycles. The highest BCUT2D eigenvalue weighted by atomic mass is 16.6. The van der Waals surface area contributed by atoms with Crippen molar-refractivity contribution in [2.24, 2.45) is 5.92 Å². The number of aromatic hydroxyl groups is 1. The molecule has 10 nitrogen and oxygen atoms in total. The Kier molecular flexibility index (Phi) is 8.25. The van der Waals surface area contributed by atoms with Gasteiger partial charge in [-0.1, -0.05) is 12.1 Å². The lowest BCUT2D eigenvalue weighted by molar-refractivity contribution is 0.0504. The third-order valence-corrected chi connectivity index (χ3v) is 8.05. The van der Waals surface area contributed by atoms with E-state index in [0.29, 0.717) is 41.6 Å². The fourth-order valence-electron chi connectivity index (χ4n) is 5.90. The Morgan fingerprint density at radius 1 is 1.05 bits per heavy atom. The van der Waals surface area contributed by atoms with Crippen LogP contribution in [0.4, 0.5) is 10.6 Å². The number of para-hydroxylation sites is 1. The minimum absolute atomic E-state index is 0.154. The van der Waals surface area contributed by atoms with Crippen LogP contribution in [0.25, 0.3) is 22.4 Å². The van der Waals surface area contributed by atoms with Crippen molar-refractivity contribution >= 4 is 11.9 Å². The molecule has 3 heterocycles. The molecule has 0 radical (unpaired) electrons. The van der Waals surface area contributed by atoms with E-state index in [0.717, 1.165) is 49.9 Å². The van der Waals surface area contributed by atoms with Crippen LogP contribution in [0.3, 0.4) is 0 Å². The average Bonchev–Trinajstić information content (AvgIpc) is 3.42. The molecule has 10 heteroatoms. The van der Waals surface area contributed by atoms with E-state index >= 15 is 0 Å². The van der Waals surface area contributed by atoms with Crippen molar-refractivity contribution in [1.82, 2.24) is 30.2 Å². The summed E-state index contributed by atoms with van der Waals surface area (Å²) in [5.41, 5.74) is 8.56. The maximum Gasteiger partial charge on any atom is 0.407 e. The number of benzene rings is 1. The van der Waals surface area contributed by atoms with Crippen LogP contribution in [0.15, 0.2) is 42.7 Å². The quantitative estimate of drug-likeness (QED) is 0.392. The first-order chi connectivity index (χ1) is 19.2. The van der Waals surface area contributed by atoms with E-state index in [1.54, 1.807) is 12.1 Å². The van der Waals surface area contributed by atoms with Crippen LogP contribution in [-0.2, 0) is 4.74 Å². The van der Waals surface area contributed by atoms with Crippen LogP contribution in [0.2, 0.25) is 0 Å². The van der Waals surface area contributed by atoms with E-state index < -0.39 is 5.60 Å². The van der Waals surface area contributed by atoms with Crippen molar-refractivity contribution in [3.05, 3.63) is 42.7 Å². The molecule has 0 spiro atoms. The number of hydrogen-bond donors (Lipinski definition) is 3. The number of nitrogens with two attached hydrogens (primary N) is 1. The normalized spacial score (nSPS) is 20.8. The summed E-state index contributed by atoms with van der Waals surface area (Å²) < 4.78 is 7.43. The van der Waals surface area contributed by atoms with Crippen LogP contribution in [0.5, 0.6) is 5.75 Å². The highest BCUT2D eigenvalue weighted by molar-refractivity contribution is 5.78.